The number of hydrogen-bond donors (Lipinski definition) is 4. The Hall–Kier alpha value is -2.96. The number of anilines is 2. The molecule has 2 aromatic rings. The number of hydroxylamine groups is 1. The summed E-state index contributed by atoms with van der Waals surface area (Å²) < 4.78 is 53.5. The van der Waals surface area contributed by atoms with Crippen LogP contribution in [0.2, 0.25) is 0 Å². The molecule has 32 heavy (non-hydrogen) atoms. The maximum Gasteiger partial charge on any atom is 0.254 e. The molecule has 2 unspecified atom stereocenters. The van der Waals surface area contributed by atoms with Crippen LogP contribution in [-0.4, -0.2) is 60.9 Å². The lowest BCUT2D eigenvalue weighted by molar-refractivity contribution is 0.0845. The Bertz CT molecular complexity index is 898. The highest BCUT2D eigenvalue weighted by molar-refractivity contribution is 5.60. The van der Waals surface area contributed by atoms with E-state index in [1.807, 2.05) is 13.8 Å². The fourth-order valence-corrected chi connectivity index (χ4v) is 3.12. The lowest BCUT2D eigenvalue weighted by Crippen LogP contribution is -2.34. The fraction of sp³-hybridized carbons (Fsp3) is 0.450. The van der Waals surface area contributed by atoms with Crippen LogP contribution in [0.1, 0.15) is 13.8 Å². The Morgan fingerprint density at radius 1 is 1.41 bits per heavy atom. The molecule has 178 valence electrons. The number of aliphatic hydroxyl groups excluding tert-OH is 1. The van der Waals surface area contributed by atoms with Gasteiger partial charge in [-0.3, -0.25) is 10.3 Å². The van der Waals surface area contributed by atoms with Gasteiger partial charge in [-0.15, -0.1) is 0 Å². The van der Waals surface area contributed by atoms with Crippen molar-refractivity contribution in [1.29, 1.82) is 0 Å². The fourth-order valence-electron chi connectivity index (χ4n) is 3.12. The standard InChI is InChI=1S/C18H22F3N5O4.C2H6/c1-23-5-10-6-25(8-13(10)22)18-12(19)4-14(16(20)17(18)21)26(28)7-11(27)9-29-15-2-3-30-24-15;1-2/h2-5,11,13,23,27-28H,6-9,22H2,1H3;1-2H3/b10-5-;. The molecule has 9 nitrogen and oxygen atoms in total. The van der Waals surface area contributed by atoms with Gasteiger partial charge in [0, 0.05) is 38.3 Å². The first-order valence-corrected chi connectivity index (χ1v) is 10.0. The van der Waals surface area contributed by atoms with Crippen LogP contribution in [0.4, 0.5) is 24.5 Å². The number of aromatic nitrogens is 1. The van der Waals surface area contributed by atoms with Crippen molar-refractivity contribution in [3.05, 3.63) is 47.6 Å². The summed E-state index contributed by atoms with van der Waals surface area (Å²) >= 11 is 0. The van der Waals surface area contributed by atoms with E-state index in [1.165, 1.54) is 17.2 Å². The number of nitrogens with one attached hydrogen (secondary N) is 1. The number of aliphatic hydroxyl groups is 1. The Labute approximate surface area is 183 Å². The Balaban J connectivity index is 0.00000176. The van der Waals surface area contributed by atoms with E-state index < -0.39 is 47.5 Å². The van der Waals surface area contributed by atoms with Crippen molar-refractivity contribution in [3.8, 4) is 5.88 Å². The van der Waals surface area contributed by atoms with Crippen molar-refractivity contribution in [1.82, 2.24) is 10.5 Å². The second-order valence-corrected chi connectivity index (χ2v) is 6.73. The molecular formula is C20H28F3N5O4. The largest absolute Gasteiger partial charge is 0.473 e. The van der Waals surface area contributed by atoms with E-state index in [1.54, 1.807) is 13.2 Å². The molecule has 0 saturated carbocycles. The van der Waals surface area contributed by atoms with Gasteiger partial charge < -0.3 is 30.3 Å². The minimum Gasteiger partial charge on any atom is -0.473 e. The van der Waals surface area contributed by atoms with E-state index in [9.17, 15) is 23.5 Å². The van der Waals surface area contributed by atoms with Crippen LogP contribution in [0.3, 0.4) is 0 Å². The highest BCUT2D eigenvalue weighted by atomic mass is 19.2. The zero-order chi connectivity index (χ0) is 23.8. The van der Waals surface area contributed by atoms with Crippen LogP contribution < -0.4 is 25.8 Å². The number of rotatable bonds is 8. The Morgan fingerprint density at radius 3 is 2.75 bits per heavy atom. The number of ether oxygens (including phenoxy) is 1. The quantitative estimate of drug-likeness (QED) is 0.347. The number of nitrogens with two attached hydrogens (primary N) is 1. The molecule has 3 rings (SSSR count). The van der Waals surface area contributed by atoms with E-state index in [0.717, 1.165) is 0 Å². The normalized spacial score (nSPS) is 17.7. The number of halogens is 3. The number of benzene rings is 1. The van der Waals surface area contributed by atoms with Gasteiger partial charge in [0.05, 0.1) is 6.54 Å². The van der Waals surface area contributed by atoms with Crippen LogP contribution in [0.15, 0.2) is 34.7 Å². The van der Waals surface area contributed by atoms with E-state index >= 15 is 0 Å². The number of nitrogens with zero attached hydrogens (tertiary/aromatic N) is 3. The zero-order valence-corrected chi connectivity index (χ0v) is 18.1. The average molecular weight is 459 g/mol. The minimum absolute atomic E-state index is 0.0983. The molecule has 2 atom stereocenters. The van der Waals surface area contributed by atoms with Gasteiger partial charge in [0.25, 0.3) is 5.88 Å². The summed E-state index contributed by atoms with van der Waals surface area (Å²) in [7, 11) is 1.67. The Morgan fingerprint density at radius 2 is 2.12 bits per heavy atom. The summed E-state index contributed by atoms with van der Waals surface area (Å²) in [6, 6.07) is 1.59. The summed E-state index contributed by atoms with van der Waals surface area (Å²) in [5.41, 5.74) is 5.31. The lowest BCUT2D eigenvalue weighted by atomic mass is 10.2. The van der Waals surface area contributed by atoms with Gasteiger partial charge in [-0.1, -0.05) is 13.8 Å². The van der Waals surface area contributed by atoms with Gasteiger partial charge in [-0.05, 0) is 16.9 Å². The van der Waals surface area contributed by atoms with Gasteiger partial charge in [0.1, 0.15) is 30.3 Å². The highest BCUT2D eigenvalue weighted by Crippen LogP contribution is 2.34. The summed E-state index contributed by atoms with van der Waals surface area (Å²) in [4.78, 5) is 1.29. The topological polar surface area (TPSA) is 120 Å². The number of hydrogen-bond acceptors (Lipinski definition) is 9. The van der Waals surface area contributed by atoms with Crippen LogP contribution in [-0.2, 0) is 0 Å². The molecule has 1 aliphatic rings. The van der Waals surface area contributed by atoms with Crippen molar-refractivity contribution < 1.29 is 32.7 Å². The van der Waals surface area contributed by atoms with Gasteiger partial charge in [0.15, 0.2) is 17.5 Å². The van der Waals surface area contributed by atoms with Gasteiger partial charge in [0.2, 0.25) is 0 Å². The summed E-state index contributed by atoms with van der Waals surface area (Å²) in [5.74, 6) is -3.90. The first-order valence-electron chi connectivity index (χ1n) is 10.0. The van der Waals surface area contributed by atoms with E-state index in [4.69, 9.17) is 10.5 Å². The first-order chi connectivity index (χ1) is 15.3. The SMILES string of the molecule is CC.CN/C=C1/CN(c2c(F)cc(N(O)CC(O)COc3ccon3)c(F)c2F)CC1N. The highest BCUT2D eigenvalue weighted by Gasteiger charge is 2.32. The molecular weight excluding hydrogens is 431 g/mol. The van der Waals surface area contributed by atoms with Crippen LogP contribution >= 0.6 is 0 Å². The smallest absolute Gasteiger partial charge is 0.254 e. The van der Waals surface area contributed by atoms with Gasteiger partial charge in [-0.2, -0.15) is 0 Å². The van der Waals surface area contributed by atoms with Crippen LogP contribution in [0.25, 0.3) is 0 Å². The van der Waals surface area contributed by atoms with Gasteiger partial charge >= 0.3 is 0 Å². The third-order valence-electron chi connectivity index (χ3n) is 4.53. The molecule has 0 amide bonds. The van der Waals surface area contributed by atoms with Crippen molar-refractivity contribution in [2.75, 3.05) is 43.3 Å². The first kappa shape index (κ1) is 25.3. The maximum atomic E-state index is 14.7. The Kier molecular flexibility index (Phi) is 9.17. The summed E-state index contributed by atoms with van der Waals surface area (Å²) in [6.45, 7) is 3.33. The summed E-state index contributed by atoms with van der Waals surface area (Å²) in [5, 5.41) is 26.4. The predicted octanol–water partition coefficient (Wildman–Crippen LogP) is 2.00. The molecule has 2 heterocycles. The van der Waals surface area contributed by atoms with Crippen molar-refractivity contribution in [2.24, 2.45) is 5.73 Å². The predicted molar refractivity (Wildman–Crippen MR) is 112 cm³/mol. The van der Waals surface area contributed by atoms with Crippen molar-refractivity contribution >= 4 is 11.4 Å². The average Bonchev–Trinajstić information content (AvgIpc) is 3.41. The maximum absolute atomic E-state index is 14.7. The van der Waals surface area contributed by atoms with Crippen molar-refractivity contribution in [2.45, 2.75) is 26.0 Å². The van der Waals surface area contributed by atoms with Crippen LogP contribution in [0, 0.1) is 17.5 Å². The third-order valence-corrected chi connectivity index (χ3v) is 4.53. The molecule has 1 fully saturated rings. The van der Waals surface area contributed by atoms with E-state index in [2.05, 4.69) is 15.0 Å². The zero-order valence-electron chi connectivity index (χ0n) is 18.1. The van der Waals surface area contributed by atoms with Crippen LogP contribution in [0.5, 0.6) is 5.88 Å². The molecule has 0 bridgehead atoms. The molecule has 1 aliphatic heterocycles. The van der Waals surface area contributed by atoms with E-state index in [-0.39, 0.29) is 30.6 Å². The monoisotopic (exact) mass is 459 g/mol. The minimum atomic E-state index is -1.46. The lowest BCUT2D eigenvalue weighted by Gasteiger charge is -2.24. The second kappa shape index (κ2) is 11.6. The van der Waals surface area contributed by atoms with Crippen molar-refractivity contribution in [3.63, 3.8) is 0 Å². The molecule has 0 spiro atoms. The van der Waals surface area contributed by atoms with E-state index in [0.29, 0.717) is 11.6 Å². The molecule has 1 saturated heterocycles. The summed E-state index contributed by atoms with van der Waals surface area (Å²) in [6.07, 6.45) is 1.57. The third kappa shape index (κ3) is 5.84. The molecule has 0 aliphatic carbocycles. The van der Waals surface area contributed by atoms with Gasteiger partial charge in [-0.25, -0.2) is 13.2 Å². The second-order valence-electron chi connectivity index (χ2n) is 6.73. The molecule has 1 aromatic carbocycles. The molecule has 5 N–H and O–H groups in total. The molecule has 12 heteroatoms. The molecule has 0 radical (unpaired) electrons. The molecule has 1 aromatic heterocycles.